The van der Waals surface area contributed by atoms with Crippen molar-refractivity contribution >= 4 is 11.9 Å². The van der Waals surface area contributed by atoms with Crippen molar-refractivity contribution in [2.75, 3.05) is 6.61 Å². The van der Waals surface area contributed by atoms with E-state index in [-0.39, 0.29) is 39.6 Å². The maximum atomic E-state index is 14.4. The molecule has 0 radical (unpaired) electrons. The van der Waals surface area contributed by atoms with E-state index in [0.29, 0.717) is 11.1 Å². The first-order chi connectivity index (χ1) is 35.9. The fraction of sp³-hybridized carbons (Fsp3) is 0.279. The summed E-state index contributed by atoms with van der Waals surface area (Å²) < 4.78 is 67.7. The van der Waals surface area contributed by atoms with Crippen LogP contribution in [0.2, 0.25) is 0 Å². The number of carbonyl (C=O) groups is 2. The summed E-state index contributed by atoms with van der Waals surface area (Å²) >= 11 is 0. The third kappa shape index (κ3) is 14.2. The van der Waals surface area contributed by atoms with Crippen molar-refractivity contribution in [3.8, 4) is 0 Å². The van der Waals surface area contributed by atoms with Gasteiger partial charge < -0.3 is 47.4 Å². The summed E-state index contributed by atoms with van der Waals surface area (Å²) in [4.78, 5) is 28.0. The summed E-state index contributed by atoms with van der Waals surface area (Å²) in [6.45, 7) is 2.39. The summed E-state index contributed by atoms with van der Waals surface area (Å²) in [5, 5.41) is 0. The monoisotopic (exact) mass is 984 g/mol. The molecule has 9 rings (SSSR count). The van der Waals surface area contributed by atoms with Gasteiger partial charge in [0.25, 0.3) is 0 Å². The minimum Gasteiger partial charge on any atom is -0.459 e. The number of benzene rings is 7. The molecule has 0 unspecified atom stereocenters. The Morgan fingerprint density at radius 1 is 0.370 bits per heavy atom. The van der Waals surface area contributed by atoms with Gasteiger partial charge in [-0.3, -0.25) is 0 Å². The first-order valence-electron chi connectivity index (χ1n) is 24.7. The van der Waals surface area contributed by atoms with Gasteiger partial charge in [-0.2, -0.15) is 0 Å². The van der Waals surface area contributed by atoms with Crippen LogP contribution in [-0.2, 0) is 80.4 Å². The van der Waals surface area contributed by atoms with Gasteiger partial charge in [-0.05, 0) is 59.0 Å². The first kappa shape index (κ1) is 51.1. The minimum atomic E-state index is -1.27. The van der Waals surface area contributed by atoms with Crippen LogP contribution < -0.4 is 0 Å². The number of ether oxygens (including phenoxy) is 10. The number of esters is 2. The van der Waals surface area contributed by atoms with Crippen LogP contribution in [0.4, 0.5) is 0 Å². The van der Waals surface area contributed by atoms with E-state index >= 15 is 0 Å². The molecule has 2 saturated heterocycles. The average Bonchev–Trinajstić information content (AvgIpc) is 3.45. The predicted octanol–water partition coefficient (Wildman–Crippen LogP) is 10.5. The van der Waals surface area contributed by atoms with Gasteiger partial charge in [0.1, 0.15) is 43.2 Å². The van der Waals surface area contributed by atoms with Crippen molar-refractivity contribution in [1.82, 2.24) is 0 Å². The van der Waals surface area contributed by atoms with Crippen LogP contribution in [0.3, 0.4) is 0 Å². The van der Waals surface area contributed by atoms with Crippen molar-refractivity contribution < 1.29 is 57.0 Å². The van der Waals surface area contributed by atoms with Gasteiger partial charge in [0.05, 0.1) is 50.3 Å². The molecule has 0 amide bonds. The summed E-state index contributed by atoms with van der Waals surface area (Å²) in [5.74, 6) is -1.15. The zero-order chi connectivity index (χ0) is 50.0. The zero-order valence-corrected chi connectivity index (χ0v) is 40.6. The van der Waals surface area contributed by atoms with E-state index in [2.05, 4.69) is 0 Å². The molecule has 0 bridgehead atoms. The second kappa shape index (κ2) is 26.2. The fourth-order valence-corrected chi connectivity index (χ4v) is 8.85. The van der Waals surface area contributed by atoms with Crippen molar-refractivity contribution in [1.29, 1.82) is 0 Å². The van der Waals surface area contributed by atoms with Crippen LogP contribution >= 0.6 is 0 Å². The molecule has 2 heterocycles. The SMILES string of the molecule is C[C@@H]1O[C@@H](OCc2ccccc2)[C@H](OCc2ccccc2)[C@H](OC(=O)c2ccccc2)[C@H]1O[C@@H]1O[C@H](COC(=O)c2ccccc2)[C@@H](OCc2ccccc2)[C@H](OCc2ccccc2)[C@@H]1OCc1ccccc1. The maximum Gasteiger partial charge on any atom is 0.338 e. The lowest BCUT2D eigenvalue weighted by atomic mass is 9.96. The molecule has 2 fully saturated rings. The number of rotatable bonds is 22. The van der Waals surface area contributed by atoms with Crippen LogP contribution in [0, 0.1) is 0 Å². The second-order valence-electron chi connectivity index (χ2n) is 17.9. The second-order valence-corrected chi connectivity index (χ2v) is 17.9. The fourth-order valence-electron chi connectivity index (χ4n) is 8.85. The Balaban J connectivity index is 1.11. The lowest BCUT2D eigenvalue weighted by Gasteiger charge is -2.49. The summed E-state index contributed by atoms with van der Waals surface area (Å²) in [7, 11) is 0. The zero-order valence-electron chi connectivity index (χ0n) is 40.6. The molecule has 376 valence electrons. The van der Waals surface area contributed by atoms with E-state index in [4.69, 9.17) is 47.4 Å². The summed E-state index contributed by atoms with van der Waals surface area (Å²) in [6.07, 6.45) is -10.1. The Kier molecular flexibility index (Phi) is 18.3. The largest absolute Gasteiger partial charge is 0.459 e. The first-order valence-corrected chi connectivity index (χ1v) is 24.7. The standard InChI is InChI=1S/C61H60O12/c1-43-52(55(72-59(63)50-35-21-8-22-36-50)57(67-40-47-29-15-5-16-30-47)60(70-43)69-41-48-31-17-6-18-32-48)73-61-56(66-39-46-27-13-4-14-28-46)54(65-38-45-25-11-3-12-26-45)53(64-37-44-23-9-2-10-24-44)51(71-61)42-68-58(62)49-33-19-7-20-34-49/h2-36,43,51-57,60-61H,37-42H2,1H3/t43-,51+,52-,53+,54-,55+,56-,57+,60+,61-/m0/s1. The highest BCUT2D eigenvalue weighted by atomic mass is 16.8. The molecule has 0 saturated carbocycles. The molecule has 2 aliphatic heterocycles. The Labute approximate surface area is 426 Å². The Morgan fingerprint density at radius 3 is 1.16 bits per heavy atom. The molecular weight excluding hydrogens is 925 g/mol. The molecule has 7 aromatic rings. The third-order valence-corrected chi connectivity index (χ3v) is 12.6. The molecule has 12 nitrogen and oxygen atoms in total. The molecule has 10 atom stereocenters. The molecule has 2 aliphatic rings. The van der Waals surface area contributed by atoms with Gasteiger partial charge in [-0.1, -0.05) is 188 Å². The van der Waals surface area contributed by atoms with Crippen LogP contribution in [0.15, 0.2) is 212 Å². The Bertz CT molecular complexity index is 2700. The molecule has 0 N–H and O–H groups in total. The third-order valence-electron chi connectivity index (χ3n) is 12.6. The number of hydrogen-bond acceptors (Lipinski definition) is 12. The average molecular weight is 985 g/mol. The van der Waals surface area contributed by atoms with Crippen LogP contribution in [0.25, 0.3) is 0 Å². The normalized spacial score (nSPS) is 23.8. The highest BCUT2D eigenvalue weighted by Gasteiger charge is 2.55. The van der Waals surface area contributed by atoms with Gasteiger partial charge in [-0.15, -0.1) is 0 Å². The van der Waals surface area contributed by atoms with Crippen LogP contribution in [0.1, 0.15) is 55.5 Å². The molecule has 12 heteroatoms. The highest BCUT2D eigenvalue weighted by molar-refractivity contribution is 5.89. The lowest BCUT2D eigenvalue weighted by molar-refractivity contribution is -0.369. The van der Waals surface area contributed by atoms with Gasteiger partial charge >= 0.3 is 11.9 Å². The van der Waals surface area contributed by atoms with Crippen molar-refractivity contribution in [3.63, 3.8) is 0 Å². The van der Waals surface area contributed by atoms with E-state index in [1.54, 1.807) is 48.5 Å². The Hall–Kier alpha value is -6.84. The topological polar surface area (TPSA) is 126 Å². The quantitative estimate of drug-likeness (QED) is 0.0600. The van der Waals surface area contributed by atoms with E-state index in [0.717, 1.165) is 27.8 Å². The minimum absolute atomic E-state index is 0.133. The smallest absolute Gasteiger partial charge is 0.338 e. The van der Waals surface area contributed by atoms with E-state index in [1.807, 2.05) is 171 Å². The van der Waals surface area contributed by atoms with Gasteiger partial charge in [0.2, 0.25) is 0 Å². The van der Waals surface area contributed by atoms with Gasteiger partial charge in [0, 0.05) is 0 Å². The summed E-state index contributed by atoms with van der Waals surface area (Å²) in [6, 6.07) is 66.2. The number of hydrogen-bond donors (Lipinski definition) is 0. The predicted molar refractivity (Wildman–Crippen MR) is 272 cm³/mol. The molecule has 0 aromatic heterocycles. The van der Waals surface area contributed by atoms with Crippen LogP contribution in [-0.4, -0.2) is 80.0 Å². The van der Waals surface area contributed by atoms with Crippen molar-refractivity contribution in [2.24, 2.45) is 0 Å². The number of carbonyl (C=O) groups excluding carboxylic acids is 2. The van der Waals surface area contributed by atoms with E-state index < -0.39 is 73.4 Å². The molecule has 7 aromatic carbocycles. The van der Waals surface area contributed by atoms with E-state index in [9.17, 15) is 9.59 Å². The van der Waals surface area contributed by atoms with Gasteiger partial charge in [0.15, 0.2) is 18.7 Å². The summed E-state index contributed by atoms with van der Waals surface area (Å²) in [5.41, 5.74) is 5.20. The maximum absolute atomic E-state index is 14.4. The Morgan fingerprint density at radius 2 is 0.726 bits per heavy atom. The van der Waals surface area contributed by atoms with Crippen molar-refractivity contribution in [3.05, 3.63) is 251 Å². The highest BCUT2D eigenvalue weighted by Crippen LogP contribution is 2.37. The molecular formula is C61H60O12. The lowest BCUT2D eigenvalue weighted by Crippen LogP contribution is -2.66. The van der Waals surface area contributed by atoms with E-state index in [1.165, 1.54) is 0 Å². The molecule has 0 spiro atoms. The van der Waals surface area contributed by atoms with Crippen molar-refractivity contribution in [2.45, 2.75) is 101 Å². The van der Waals surface area contributed by atoms with Crippen LogP contribution in [0.5, 0.6) is 0 Å². The van der Waals surface area contributed by atoms with Gasteiger partial charge in [-0.25, -0.2) is 9.59 Å². The molecule has 73 heavy (non-hydrogen) atoms. The molecule has 0 aliphatic carbocycles.